The van der Waals surface area contributed by atoms with Gasteiger partial charge in [0.25, 0.3) is 0 Å². The van der Waals surface area contributed by atoms with Gasteiger partial charge in [-0.3, -0.25) is 9.59 Å². The molecular formula is C16H20N2O2. The summed E-state index contributed by atoms with van der Waals surface area (Å²) in [4.78, 5) is 24.0. The molecule has 1 heterocycles. The van der Waals surface area contributed by atoms with Crippen molar-refractivity contribution in [3.05, 3.63) is 35.4 Å². The van der Waals surface area contributed by atoms with E-state index in [-0.39, 0.29) is 11.8 Å². The van der Waals surface area contributed by atoms with Crippen LogP contribution in [0, 0.1) is 0 Å². The third kappa shape index (κ3) is 3.47. The molecule has 0 bridgehead atoms. The number of carbonyl (C=O) groups excluding carboxylic acids is 2. The van der Waals surface area contributed by atoms with Crippen molar-refractivity contribution in [3.8, 4) is 0 Å². The molecular weight excluding hydrogens is 252 g/mol. The number of nitrogens with one attached hydrogen (secondary N) is 1. The Labute approximate surface area is 119 Å². The standard InChI is InChI=1S/C16H20N2O2/c1-12(19)17-9-4-3-5-14-6-7-16-15(11-14)8-10-18(16)13(2)20/h3,5-7,11H,4,8-10H2,1-2H3,(H,17,19). The lowest BCUT2D eigenvalue weighted by atomic mass is 10.1. The monoisotopic (exact) mass is 272 g/mol. The highest BCUT2D eigenvalue weighted by Crippen LogP contribution is 2.29. The molecule has 1 aromatic carbocycles. The fraction of sp³-hybridized carbons (Fsp3) is 0.375. The predicted molar refractivity (Wildman–Crippen MR) is 80.5 cm³/mol. The highest BCUT2D eigenvalue weighted by Gasteiger charge is 2.21. The molecule has 2 amide bonds. The van der Waals surface area contributed by atoms with Crippen LogP contribution in [0.2, 0.25) is 0 Å². The molecule has 2 rings (SSSR count). The summed E-state index contributed by atoms with van der Waals surface area (Å²) < 4.78 is 0. The molecule has 0 saturated carbocycles. The Kier molecular flexibility index (Phi) is 4.56. The van der Waals surface area contributed by atoms with Crippen LogP contribution in [0.1, 0.15) is 31.4 Å². The third-order valence-corrected chi connectivity index (χ3v) is 3.37. The first kappa shape index (κ1) is 14.3. The largest absolute Gasteiger partial charge is 0.356 e. The van der Waals surface area contributed by atoms with E-state index in [0.29, 0.717) is 6.54 Å². The lowest BCUT2D eigenvalue weighted by Crippen LogP contribution is -2.25. The van der Waals surface area contributed by atoms with Crippen LogP contribution >= 0.6 is 0 Å². The van der Waals surface area contributed by atoms with E-state index in [2.05, 4.69) is 23.5 Å². The zero-order valence-corrected chi connectivity index (χ0v) is 12.0. The fourth-order valence-electron chi connectivity index (χ4n) is 2.40. The summed E-state index contributed by atoms with van der Waals surface area (Å²) in [7, 11) is 0. The minimum absolute atomic E-state index is 0.000236. The van der Waals surface area contributed by atoms with Crippen molar-refractivity contribution >= 4 is 23.6 Å². The van der Waals surface area contributed by atoms with Crippen molar-refractivity contribution in [1.29, 1.82) is 0 Å². The molecule has 4 nitrogen and oxygen atoms in total. The number of amides is 2. The van der Waals surface area contributed by atoms with Gasteiger partial charge in [-0.1, -0.05) is 18.2 Å². The zero-order valence-electron chi connectivity index (χ0n) is 12.0. The molecule has 1 N–H and O–H groups in total. The molecule has 0 saturated heterocycles. The van der Waals surface area contributed by atoms with Gasteiger partial charge in [-0.25, -0.2) is 0 Å². The summed E-state index contributed by atoms with van der Waals surface area (Å²) in [6.45, 7) is 4.56. The fourth-order valence-corrected chi connectivity index (χ4v) is 2.40. The van der Waals surface area contributed by atoms with E-state index in [1.165, 1.54) is 12.5 Å². The van der Waals surface area contributed by atoms with Crippen LogP contribution in [0.25, 0.3) is 6.08 Å². The van der Waals surface area contributed by atoms with Gasteiger partial charge < -0.3 is 10.2 Å². The molecule has 1 aliphatic heterocycles. The summed E-state index contributed by atoms with van der Waals surface area (Å²) in [6.07, 6.45) is 5.84. The number of benzene rings is 1. The average Bonchev–Trinajstić information content (AvgIpc) is 2.81. The Morgan fingerprint density at radius 3 is 2.85 bits per heavy atom. The minimum atomic E-state index is 0.000236. The Hall–Kier alpha value is -2.10. The summed E-state index contributed by atoms with van der Waals surface area (Å²) in [5, 5.41) is 2.76. The maximum absolute atomic E-state index is 11.5. The van der Waals surface area contributed by atoms with Crippen molar-refractivity contribution in [1.82, 2.24) is 5.32 Å². The van der Waals surface area contributed by atoms with Crippen LogP contribution in [-0.2, 0) is 16.0 Å². The molecule has 1 aliphatic rings. The highest BCUT2D eigenvalue weighted by atomic mass is 16.2. The molecule has 0 unspecified atom stereocenters. The van der Waals surface area contributed by atoms with E-state index in [0.717, 1.165) is 30.6 Å². The van der Waals surface area contributed by atoms with Gasteiger partial charge in [0.2, 0.25) is 11.8 Å². The maximum Gasteiger partial charge on any atom is 0.223 e. The van der Waals surface area contributed by atoms with Gasteiger partial charge in [-0.05, 0) is 36.1 Å². The average molecular weight is 272 g/mol. The van der Waals surface area contributed by atoms with E-state index in [1.54, 1.807) is 6.92 Å². The van der Waals surface area contributed by atoms with Crippen molar-refractivity contribution in [2.75, 3.05) is 18.0 Å². The first-order chi connectivity index (χ1) is 9.58. The first-order valence-corrected chi connectivity index (χ1v) is 6.90. The van der Waals surface area contributed by atoms with E-state index < -0.39 is 0 Å². The van der Waals surface area contributed by atoms with Gasteiger partial charge in [-0.15, -0.1) is 0 Å². The molecule has 0 spiro atoms. The lowest BCUT2D eigenvalue weighted by Gasteiger charge is -2.14. The van der Waals surface area contributed by atoms with Crippen molar-refractivity contribution in [2.24, 2.45) is 0 Å². The molecule has 0 fully saturated rings. The number of rotatable bonds is 4. The highest BCUT2D eigenvalue weighted by molar-refractivity contribution is 5.93. The quantitative estimate of drug-likeness (QED) is 0.854. The van der Waals surface area contributed by atoms with E-state index in [9.17, 15) is 9.59 Å². The smallest absolute Gasteiger partial charge is 0.223 e. The van der Waals surface area contributed by atoms with Crippen LogP contribution in [0.4, 0.5) is 5.69 Å². The second-order valence-electron chi connectivity index (χ2n) is 4.98. The van der Waals surface area contributed by atoms with Gasteiger partial charge in [0, 0.05) is 32.6 Å². The number of carbonyl (C=O) groups is 2. The predicted octanol–water partition coefficient (Wildman–Crippen LogP) is 2.13. The van der Waals surface area contributed by atoms with Crippen molar-refractivity contribution < 1.29 is 9.59 Å². The normalized spacial score (nSPS) is 13.6. The second-order valence-corrected chi connectivity index (χ2v) is 4.98. The Balaban J connectivity index is 1.97. The molecule has 0 atom stereocenters. The van der Waals surface area contributed by atoms with Crippen LogP contribution in [0.3, 0.4) is 0 Å². The van der Waals surface area contributed by atoms with Gasteiger partial charge in [-0.2, -0.15) is 0 Å². The number of hydrogen-bond donors (Lipinski definition) is 1. The van der Waals surface area contributed by atoms with E-state index in [4.69, 9.17) is 0 Å². The molecule has 0 aromatic heterocycles. The van der Waals surface area contributed by atoms with Crippen LogP contribution < -0.4 is 10.2 Å². The van der Waals surface area contributed by atoms with Crippen LogP contribution in [0.5, 0.6) is 0 Å². The maximum atomic E-state index is 11.5. The topological polar surface area (TPSA) is 49.4 Å². The summed E-state index contributed by atoms with van der Waals surface area (Å²) in [5.74, 6) is 0.0996. The minimum Gasteiger partial charge on any atom is -0.356 e. The van der Waals surface area contributed by atoms with Gasteiger partial charge >= 0.3 is 0 Å². The van der Waals surface area contributed by atoms with Crippen molar-refractivity contribution in [2.45, 2.75) is 26.7 Å². The van der Waals surface area contributed by atoms with Crippen LogP contribution in [-0.4, -0.2) is 24.9 Å². The number of fused-ring (bicyclic) bond motifs is 1. The molecule has 0 aliphatic carbocycles. The molecule has 0 radical (unpaired) electrons. The third-order valence-electron chi connectivity index (χ3n) is 3.37. The Morgan fingerprint density at radius 1 is 1.35 bits per heavy atom. The molecule has 20 heavy (non-hydrogen) atoms. The molecule has 4 heteroatoms. The lowest BCUT2D eigenvalue weighted by molar-refractivity contribution is -0.119. The van der Waals surface area contributed by atoms with E-state index >= 15 is 0 Å². The first-order valence-electron chi connectivity index (χ1n) is 6.90. The Morgan fingerprint density at radius 2 is 2.15 bits per heavy atom. The van der Waals surface area contributed by atoms with Gasteiger partial charge in [0.15, 0.2) is 0 Å². The second kappa shape index (κ2) is 6.37. The van der Waals surface area contributed by atoms with Gasteiger partial charge in [0.05, 0.1) is 0 Å². The number of hydrogen-bond acceptors (Lipinski definition) is 2. The summed E-state index contributed by atoms with van der Waals surface area (Å²) in [5.41, 5.74) is 3.40. The van der Waals surface area contributed by atoms with Gasteiger partial charge in [0.1, 0.15) is 0 Å². The molecule has 1 aromatic rings. The zero-order chi connectivity index (χ0) is 14.5. The summed E-state index contributed by atoms with van der Waals surface area (Å²) in [6, 6.07) is 6.17. The van der Waals surface area contributed by atoms with Crippen molar-refractivity contribution in [3.63, 3.8) is 0 Å². The van der Waals surface area contributed by atoms with Crippen LogP contribution in [0.15, 0.2) is 24.3 Å². The Bertz CT molecular complexity index is 549. The molecule has 106 valence electrons. The number of anilines is 1. The van der Waals surface area contributed by atoms with E-state index in [1.807, 2.05) is 17.0 Å². The SMILES string of the molecule is CC(=O)NCCC=Cc1ccc2c(c1)CCN2C(C)=O. The summed E-state index contributed by atoms with van der Waals surface area (Å²) >= 11 is 0. The number of nitrogens with zero attached hydrogens (tertiary/aromatic N) is 1.